The monoisotopic (exact) mass is 369 g/mol. The molecule has 0 aromatic heterocycles. The van der Waals surface area contributed by atoms with Crippen LogP contribution in [0.15, 0.2) is 17.0 Å². The smallest absolute Gasteiger partial charge is 0.338 e. The third kappa shape index (κ3) is 3.48. The number of aromatic carboxylic acids is 1. The van der Waals surface area contributed by atoms with Gasteiger partial charge >= 0.3 is 5.97 Å². The van der Waals surface area contributed by atoms with Gasteiger partial charge in [0.15, 0.2) is 0 Å². The molecule has 1 fully saturated rings. The van der Waals surface area contributed by atoms with Crippen molar-refractivity contribution in [2.24, 2.45) is 0 Å². The second-order valence-corrected chi connectivity index (χ2v) is 8.33. The summed E-state index contributed by atoms with van der Waals surface area (Å²) in [7, 11) is -3.82. The molecule has 1 aromatic carbocycles. The Hall–Kier alpha value is -0.470. The predicted molar refractivity (Wildman–Crippen MR) is 84.1 cm³/mol. The zero-order valence-electron chi connectivity index (χ0n) is 10.9. The number of carboxylic acids is 1. The Kier molecular flexibility index (Phi) is 5.43. The number of halogens is 2. The normalized spacial score (nSPS) is 17.4. The molecule has 1 N–H and O–H groups in total. The van der Waals surface area contributed by atoms with Gasteiger partial charge in [-0.25, -0.2) is 13.2 Å². The molecule has 116 valence electrons. The van der Waals surface area contributed by atoms with E-state index < -0.39 is 16.0 Å². The van der Waals surface area contributed by atoms with E-state index in [2.05, 4.69) is 0 Å². The molecule has 0 unspecified atom stereocenters. The number of carbonyl (C=O) groups is 1. The van der Waals surface area contributed by atoms with Crippen molar-refractivity contribution in [3.8, 4) is 0 Å². The van der Waals surface area contributed by atoms with Gasteiger partial charge in [-0.15, -0.1) is 0 Å². The quantitative estimate of drug-likeness (QED) is 0.886. The molecule has 1 saturated heterocycles. The summed E-state index contributed by atoms with van der Waals surface area (Å²) < 4.78 is 26.6. The summed E-state index contributed by atoms with van der Waals surface area (Å²) >= 11 is 13.4. The standard InChI is InChI=1S/C12H13Cl2NO4S2/c13-8-2-3-9(11(14)10(8)12(16)17)21(18,19)15-4-1-6-20-7-5-15/h2-3H,1,4-7H2,(H,16,17). The fourth-order valence-electron chi connectivity index (χ4n) is 2.03. The van der Waals surface area contributed by atoms with Crippen molar-refractivity contribution in [1.29, 1.82) is 0 Å². The lowest BCUT2D eigenvalue weighted by atomic mass is 10.2. The first kappa shape index (κ1) is 16.9. The van der Waals surface area contributed by atoms with Crippen LogP contribution in [-0.2, 0) is 10.0 Å². The first-order valence-corrected chi connectivity index (χ1v) is 9.50. The maximum absolute atomic E-state index is 12.6. The number of thioether (sulfide) groups is 1. The number of benzene rings is 1. The fraction of sp³-hybridized carbons (Fsp3) is 0.417. The molecule has 0 saturated carbocycles. The molecule has 1 heterocycles. The zero-order chi connectivity index (χ0) is 15.6. The molecule has 1 aliphatic rings. The van der Waals surface area contributed by atoms with Crippen LogP contribution >= 0.6 is 35.0 Å². The highest BCUT2D eigenvalue weighted by Gasteiger charge is 2.30. The summed E-state index contributed by atoms with van der Waals surface area (Å²) in [6.07, 6.45) is 0.751. The number of nitrogens with zero attached hydrogens (tertiary/aromatic N) is 1. The van der Waals surface area contributed by atoms with Gasteiger partial charge in [-0.05, 0) is 24.3 Å². The largest absolute Gasteiger partial charge is 0.478 e. The predicted octanol–water partition coefficient (Wildman–Crippen LogP) is 2.82. The highest BCUT2D eigenvalue weighted by atomic mass is 35.5. The number of carboxylic acid groups (broad SMARTS) is 1. The number of rotatable bonds is 3. The van der Waals surface area contributed by atoms with Crippen LogP contribution in [0.25, 0.3) is 0 Å². The second kappa shape index (κ2) is 6.75. The lowest BCUT2D eigenvalue weighted by molar-refractivity contribution is 0.0697. The summed E-state index contributed by atoms with van der Waals surface area (Å²) in [5.74, 6) is 0.255. The fourth-order valence-corrected chi connectivity index (χ4v) is 5.41. The van der Waals surface area contributed by atoms with E-state index in [1.807, 2.05) is 0 Å². The zero-order valence-corrected chi connectivity index (χ0v) is 14.0. The van der Waals surface area contributed by atoms with E-state index in [-0.39, 0.29) is 20.5 Å². The van der Waals surface area contributed by atoms with Crippen LogP contribution < -0.4 is 0 Å². The van der Waals surface area contributed by atoms with Crippen LogP contribution in [-0.4, -0.2) is 48.4 Å². The number of hydrogen-bond acceptors (Lipinski definition) is 4. The minimum Gasteiger partial charge on any atom is -0.478 e. The first-order chi connectivity index (χ1) is 9.85. The molecule has 5 nitrogen and oxygen atoms in total. The molecule has 0 spiro atoms. The summed E-state index contributed by atoms with van der Waals surface area (Å²) in [5, 5.41) is 8.69. The van der Waals surface area contributed by atoms with Crippen LogP contribution in [0, 0.1) is 0 Å². The Morgan fingerprint density at radius 3 is 2.62 bits per heavy atom. The van der Waals surface area contributed by atoms with E-state index in [1.165, 1.54) is 16.4 Å². The summed E-state index contributed by atoms with van der Waals surface area (Å²) in [6, 6.07) is 2.50. The van der Waals surface area contributed by atoms with Crippen LogP contribution in [0.4, 0.5) is 0 Å². The lowest BCUT2D eigenvalue weighted by Gasteiger charge is -2.21. The average Bonchev–Trinajstić information content (AvgIpc) is 2.67. The van der Waals surface area contributed by atoms with E-state index in [0.717, 1.165) is 12.2 Å². The van der Waals surface area contributed by atoms with Crippen LogP contribution in [0.3, 0.4) is 0 Å². The van der Waals surface area contributed by atoms with Gasteiger partial charge in [0, 0.05) is 18.8 Å². The Bertz CT molecular complexity index is 655. The van der Waals surface area contributed by atoms with Crippen LogP contribution in [0.2, 0.25) is 10.0 Å². The van der Waals surface area contributed by atoms with Gasteiger partial charge in [-0.2, -0.15) is 16.1 Å². The Morgan fingerprint density at radius 2 is 1.95 bits per heavy atom. The van der Waals surface area contributed by atoms with Crippen molar-refractivity contribution in [3.63, 3.8) is 0 Å². The molecule has 1 aromatic rings. The third-order valence-electron chi connectivity index (χ3n) is 3.07. The van der Waals surface area contributed by atoms with Crippen LogP contribution in [0.1, 0.15) is 16.8 Å². The van der Waals surface area contributed by atoms with E-state index in [0.29, 0.717) is 18.8 Å². The SMILES string of the molecule is O=C(O)c1c(Cl)ccc(S(=O)(=O)N2CCCSCC2)c1Cl. The van der Waals surface area contributed by atoms with Crippen molar-refractivity contribution in [2.75, 3.05) is 24.6 Å². The maximum Gasteiger partial charge on any atom is 0.338 e. The van der Waals surface area contributed by atoms with Crippen LogP contribution in [0.5, 0.6) is 0 Å². The van der Waals surface area contributed by atoms with Gasteiger partial charge in [-0.1, -0.05) is 23.2 Å². The summed E-state index contributed by atoms with van der Waals surface area (Å²) in [4.78, 5) is 11.0. The van der Waals surface area contributed by atoms with Gasteiger partial charge in [0.2, 0.25) is 10.0 Å². The van der Waals surface area contributed by atoms with E-state index in [1.54, 1.807) is 11.8 Å². The average molecular weight is 370 g/mol. The van der Waals surface area contributed by atoms with E-state index in [4.69, 9.17) is 28.3 Å². The van der Waals surface area contributed by atoms with E-state index in [9.17, 15) is 13.2 Å². The van der Waals surface area contributed by atoms with Gasteiger partial charge in [-0.3, -0.25) is 0 Å². The minimum absolute atomic E-state index is 0.0853. The van der Waals surface area contributed by atoms with Crippen molar-refractivity contribution >= 4 is 51.0 Å². The molecule has 21 heavy (non-hydrogen) atoms. The second-order valence-electron chi connectivity index (χ2n) is 4.41. The van der Waals surface area contributed by atoms with Gasteiger partial charge in [0.05, 0.1) is 15.6 Å². The molecule has 9 heteroatoms. The van der Waals surface area contributed by atoms with Gasteiger partial charge in [0.1, 0.15) is 4.90 Å². The molecular formula is C12H13Cl2NO4S2. The molecule has 0 aliphatic carbocycles. The Labute approximate surface area is 137 Å². The Morgan fingerprint density at radius 1 is 1.24 bits per heavy atom. The van der Waals surface area contributed by atoms with Gasteiger partial charge in [0.25, 0.3) is 0 Å². The number of sulfonamides is 1. The molecule has 2 rings (SSSR count). The summed E-state index contributed by atoms with van der Waals surface area (Å²) in [6.45, 7) is 0.783. The highest BCUT2D eigenvalue weighted by molar-refractivity contribution is 7.99. The molecule has 0 amide bonds. The highest BCUT2D eigenvalue weighted by Crippen LogP contribution is 2.33. The Balaban J connectivity index is 2.49. The van der Waals surface area contributed by atoms with Crippen molar-refractivity contribution in [3.05, 3.63) is 27.7 Å². The van der Waals surface area contributed by atoms with Crippen molar-refractivity contribution in [1.82, 2.24) is 4.31 Å². The molecule has 0 atom stereocenters. The summed E-state index contributed by atoms with van der Waals surface area (Å²) in [5.41, 5.74) is -0.386. The number of hydrogen-bond donors (Lipinski definition) is 1. The molecule has 0 radical (unpaired) electrons. The maximum atomic E-state index is 12.6. The molecular weight excluding hydrogens is 357 g/mol. The lowest BCUT2D eigenvalue weighted by Crippen LogP contribution is -2.33. The van der Waals surface area contributed by atoms with Crippen molar-refractivity contribution < 1.29 is 18.3 Å². The van der Waals surface area contributed by atoms with Gasteiger partial charge < -0.3 is 5.11 Å². The first-order valence-electron chi connectivity index (χ1n) is 6.15. The third-order valence-corrected chi connectivity index (χ3v) is 6.88. The topological polar surface area (TPSA) is 74.7 Å². The minimum atomic E-state index is -3.82. The molecule has 1 aliphatic heterocycles. The molecule has 0 bridgehead atoms. The van der Waals surface area contributed by atoms with Crippen molar-refractivity contribution in [2.45, 2.75) is 11.3 Å². The van der Waals surface area contributed by atoms with E-state index >= 15 is 0 Å².